The van der Waals surface area contributed by atoms with Crippen molar-refractivity contribution in [3.63, 3.8) is 0 Å². The predicted molar refractivity (Wildman–Crippen MR) is 74.2 cm³/mol. The molecule has 0 aliphatic heterocycles. The normalized spacial score (nSPS) is 12.1. The van der Waals surface area contributed by atoms with Crippen molar-refractivity contribution in [3.05, 3.63) is 35.0 Å². The van der Waals surface area contributed by atoms with Gasteiger partial charge in [0.1, 0.15) is 11.7 Å². The quantitative estimate of drug-likeness (QED) is 0.890. The molecule has 0 radical (unpaired) electrons. The fraction of sp³-hybridized carbons (Fsp3) is 0.286. The smallest absolute Gasteiger partial charge is 0.358 e. The van der Waals surface area contributed by atoms with Gasteiger partial charge in [-0.25, -0.2) is 14.3 Å². The van der Waals surface area contributed by atoms with E-state index in [1.807, 2.05) is 19.9 Å². The van der Waals surface area contributed by atoms with Crippen molar-refractivity contribution in [1.29, 1.82) is 0 Å². The number of nitrogens with zero attached hydrogens (tertiary/aromatic N) is 3. The molecule has 0 saturated heterocycles. The summed E-state index contributed by atoms with van der Waals surface area (Å²) in [5.41, 5.74) is 2.54. The lowest BCUT2D eigenvalue weighted by Crippen LogP contribution is -2.18. The zero-order valence-electron chi connectivity index (χ0n) is 11.9. The van der Waals surface area contributed by atoms with E-state index in [-0.39, 0.29) is 11.4 Å². The lowest BCUT2D eigenvalue weighted by Gasteiger charge is -2.12. The second kappa shape index (κ2) is 5.35. The van der Waals surface area contributed by atoms with Gasteiger partial charge in [-0.05, 0) is 38.0 Å². The van der Waals surface area contributed by atoms with E-state index in [0.29, 0.717) is 5.56 Å². The van der Waals surface area contributed by atoms with Crippen molar-refractivity contribution >= 4 is 11.9 Å². The third-order valence-electron chi connectivity index (χ3n) is 3.40. The van der Waals surface area contributed by atoms with Crippen LogP contribution < -0.4 is 0 Å². The first-order valence-corrected chi connectivity index (χ1v) is 6.31. The predicted octanol–water partition coefficient (Wildman–Crippen LogP) is 1.91. The molecule has 0 fully saturated rings. The Balaban J connectivity index is 2.69. The molecule has 2 N–H and O–H groups in total. The summed E-state index contributed by atoms with van der Waals surface area (Å²) in [6.07, 6.45) is 0. The zero-order valence-corrected chi connectivity index (χ0v) is 11.9. The van der Waals surface area contributed by atoms with Crippen molar-refractivity contribution < 1.29 is 19.8 Å². The molecular weight excluding hydrogens is 274 g/mol. The Morgan fingerprint density at radius 2 is 1.86 bits per heavy atom. The highest BCUT2D eigenvalue weighted by molar-refractivity contribution is 5.93. The molecule has 7 nitrogen and oxygen atoms in total. The molecule has 2 rings (SSSR count). The maximum atomic E-state index is 11.3. The van der Waals surface area contributed by atoms with Gasteiger partial charge in [-0.3, -0.25) is 0 Å². The SMILES string of the molecule is Cc1ccc(-c2c(C(=O)O)nnn2C(C)C(=O)O)cc1C. The van der Waals surface area contributed by atoms with E-state index in [1.54, 1.807) is 12.1 Å². The first-order chi connectivity index (χ1) is 9.82. The molecule has 7 heteroatoms. The number of hydrogen-bond acceptors (Lipinski definition) is 4. The number of rotatable bonds is 4. The van der Waals surface area contributed by atoms with Crippen molar-refractivity contribution in [2.24, 2.45) is 0 Å². The topological polar surface area (TPSA) is 105 Å². The molecular formula is C14H15N3O4. The molecule has 1 heterocycles. The van der Waals surface area contributed by atoms with Crippen LogP contribution in [0.4, 0.5) is 0 Å². The Bertz CT molecular complexity index is 721. The molecule has 0 aliphatic rings. The van der Waals surface area contributed by atoms with E-state index >= 15 is 0 Å². The number of carboxylic acids is 2. The van der Waals surface area contributed by atoms with Gasteiger partial charge in [-0.15, -0.1) is 5.10 Å². The zero-order chi connectivity index (χ0) is 15.7. The molecule has 0 aliphatic carbocycles. The van der Waals surface area contributed by atoms with Gasteiger partial charge >= 0.3 is 11.9 Å². The third kappa shape index (κ3) is 2.62. The molecule has 1 aromatic carbocycles. The standard InChI is InChI=1S/C14H15N3O4/c1-7-4-5-10(6-8(7)2)12-11(14(20)21)15-16-17(12)9(3)13(18)19/h4-6,9H,1-3H3,(H,18,19)(H,20,21). The lowest BCUT2D eigenvalue weighted by atomic mass is 10.0. The highest BCUT2D eigenvalue weighted by Crippen LogP contribution is 2.27. The van der Waals surface area contributed by atoms with Crippen LogP contribution in [0.15, 0.2) is 18.2 Å². The average Bonchev–Trinajstić information content (AvgIpc) is 2.85. The van der Waals surface area contributed by atoms with Gasteiger partial charge in [0.2, 0.25) is 0 Å². The van der Waals surface area contributed by atoms with E-state index in [0.717, 1.165) is 15.8 Å². The summed E-state index contributed by atoms with van der Waals surface area (Å²) in [5.74, 6) is -2.35. The van der Waals surface area contributed by atoms with Crippen LogP contribution in [0.5, 0.6) is 0 Å². The van der Waals surface area contributed by atoms with Crippen LogP contribution in [0.2, 0.25) is 0 Å². The highest BCUT2D eigenvalue weighted by atomic mass is 16.4. The second-order valence-electron chi connectivity index (χ2n) is 4.85. The summed E-state index contributed by atoms with van der Waals surface area (Å²) >= 11 is 0. The van der Waals surface area contributed by atoms with Crippen LogP contribution in [-0.2, 0) is 4.79 Å². The number of hydrogen-bond donors (Lipinski definition) is 2. The van der Waals surface area contributed by atoms with Crippen LogP contribution in [0.25, 0.3) is 11.3 Å². The summed E-state index contributed by atoms with van der Waals surface area (Å²) in [4.78, 5) is 22.4. The summed E-state index contributed by atoms with van der Waals surface area (Å²) in [6.45, 7) is 5.26. The molecule has 1 aromatic heterocycles. The van der Waals surface area contributed by atoms with Gasteiger partial charge in [0.05, 0.1) is 0 Å². The third-order valence-corrected chi connectivity index (χ3v) is 3.40. The fourth-order valence-corrected chi connectivity index (χ4v) is 1.97. The Morgan fingerprint density at radius 1 is 1.19 bits per heavy atom. The Labute approximate surface area is 120 Å². The van der Waals surface area contributed by atoms with Crippen LogP contribution in [0.1, 0.15) is 34.6 Å². The summed E-state index contributed by atoms with van der Waals surface area (Å²) < 4.78 is 1.12. The van der Waals surface area contributed by atoms with Gasteiger partial charge in [-0.2, -0.15) is 0 Å². The van der Waals surface area contributed by atoms with E-state index < -0.39 is 18.0 Å². The first kappa shape index (κ1) is 14.7. The average molecular weight is 289 g/mol. The minimum absolute atomic E-state index is 0.195. The lowest BCUT2D eigenvalue weighted by molar-refractivity contribution is -0.140. The molecule has 110 valence electrons. The molecule has 0 saturated carbocycles. The first-order valence-electron chi connectivity index (χ1n) is 6.31. The van der Waals surface area contributed by atoms with Crippen LogP contribution in [0.3, 0.4) is 0 Å². The number of aromatic carboxylic acids is 1. The summed E-state index contributed by atoms with van der Waals surface area (Å²) in [6, 6.07) is 4.37. The van der Waals surface area contributed by atoms with E-state index in [9.17, 15) is 14.7 Å². The van der Waals surface area contributed by atoms with Gasteiger partial charge in [0.25, 0.3) is 0 Å². The van der Waals surface area contributed by atoms with E-state index in [2.05, 4.69) is 10.3 Å². The van der Waals surface area contributed by atoms with Crippen LogP contribution in [0, 0.1) is 13.8 Å². The minimum Gasteiger partial charge on any atom is -0.480 e. The molecule has 0 amide bonds. The Kier molecular flexibility index (Phi) is 3.75. The summed E-state index contributed by atoms with van der Waals surface area (Å²) in [7, 11) is 0. The molecule has 0 spiro atoms. The van der Waals surface area contributed by atoms with Gasteiger partial charge in [0, 0.05) is 5.56 Å². The van der Waals surface area contributed by atoms with Crippen molar-refractivity contribution in [2.45, 2.75) is 26.8 Å². The van der Waals surface area contributed by atoms with Crippen LogP contribution in [-0.4, -0.2) is 37.1 Å². The van der Waals surface area contributed by atoms with Crippen molar-refractivity contribution in [2.75, 3.05) is 0 Å². The summed E-state index contributed by atoms with van der Waals surface area (Å²) in [5, 5.41) is 25.6. The van der Waals surface area contributed by atoms with Crippen molar-refractivity contribution in [1.82, 2.24) is 15.0 Å². The fourth-order valence-electron chi connectivity index (χ4n) is 1.97. The maximum absolute atomic E-state index is 11.3. The maximum Gasteiger partial charge on any atom is 0.358 e. The largest absolute Gasteiger partial charge is 0.480 e. The highest BCUT2D eigenvalue weighted by Gasteiger charge is 2.26. The van der Waals surface area contributed by atoms with Crippen molar-refractivity contribution in [3.8, 4) is 11.3 Å². The molecule has 1 atom stereocenters. The number of benzene rings is 1. The molecule has 0 bridgehead atoms. The number of aliphatic carboxylic acids is 1. The number of aryl methyl sites for hydroxylation is 2. The van der Waals surface area contributed by atoms with Crippen LogP contribution >= 0.6 is 0 Å². The van der Waals surface area contributed by atoms with Gasteiger partial charge < -0.3 is 10.2 Å². The monoisotopic (exact) mass is 289 g/mol. The molecule has 21 heavy (non-hydrogen) atoms. The Hall–Kier alpha value is -2.70. The minimum atomic E-state index is -1.24. The number of carboxylic acid groups (broad SMARTS) is 2. The molecule has 1 unspecified atom stereocenters. The number of aromatic nitrogens is 3. The second-order valence-corrected chi connectivity index (χ2v) is 4.85. The number of carbonyl (C=O) groups is 2. The molecule has 2 aromatic rings. The Morgan fingerprint density at radius 3 is 2.38 bits per heavy atom. The van der Waals surface area contributed by atoms with Gasteiger partial charge in [-0.1, -0.05) is 17.3 Å². The van der Waals surface area contributed by atoms with E-state index in [4.69, 9.17) is 5.11 Å². The van der Waals surface area contributed by atoms with Gasteiger partial charge in [0.15, 0.2) is 5.69 Å². The van der Waals surface area contributed by atoms with E-state index in [1.165, 1.54) is 6.92 Å².